The number of para-hydroxylation sites is 1. The highest BCUT2D eigenvalue weighted by Crippen LogP contribution is 2.27. The molecular weight excluding hydrogens is 318 g/mol. The molecule has 2 N–H and O–H groups in total. The molecule has 0 radical (unpaired) electrons. The Kier molecular flexibility index (Phi) is 6.29. The lowest BCUT2D eigenvalue weighted by Crippen LogP contribution is -2.38. The zero-order valence-corrected chi connectivity index (χ0v) is 15.0. The average Bonchev–Trinajstić information content (AvgIpc) is 2.82. The van der Waals surface area contributed by atoms with Gasteiger partial charge in [0, 0.05) is 53.0 Å². The molecule has 1 amide bonds. The van der Waals surface area contributed by atoms with Crippen molar-refractivity contribution >= 4 is 11.6 Å². The van der Waals surface area contributed by atoms with Crippen LogP contribution in [-0.4, -0.2) is 79.9 Å². The van der Waals surface area contributed by atoms with Gasteiger partial charge in [0.05, 0.1) is 17.4 Å². The van der Waals surface area contributed by atoms with Gasteiger partial charge in [-0.1, -0.05) is 12.1 Å². The molecule has 1 atom stereocenters. The molecule has 0 bridgehead atoms. The summed E-state index contributed by atoms with van der Waals surface area (Å²) in [5, 5.41) is 13.7. The molecule has 0 aliphatic carbocycles. The van der Waals surface area contributed by atoms with Crippen molar-refractivity contribution in [2.45, 2.75) is 25.4 Å². The monoisotopic (exact) mass is 347 g/mol. The summed E-state index contributed by atoms with van der Waals surface area (Å²) in [6.45, 7) is 4.95. The number of β-amino-alcohol motifs (C(OH)–C–C–N with tert-alkyl or cyclic N) is 1. The van der Waals surface area contributed by atoms with Gasteiger partial charge in [0.1, 0.15) is 0 Å². The molecular formula is C19H29N3O3. The van der Waals surface area contributed by atoms with E-state index in [-0.39, 0.29) is 5.91 Å². The first kappa shape index (κ1) is 18.2. The molecule has 138 valence electrons. The number of ether oxygens (including phenoxy) is 1. The number of methoxy groups -OCH3 is 1. The van der Waals surface area contributed by atoms with Crippen LogP contribution >= 0.6 is 0 Å². The summed E-state index contributed by atoms with van der Waals surface area (Å²) < 4.78 is 5.10. The number of nitrogens with one attached hydrogen (secondary N) is 1. The molecule has 0 saturated carbocycles. The third-order valence-corrected chi connectivity index (χ3v) is 5.00. The van der Waals surface area contributed by atoms with E-state index in [1.165, 1.54) is 5.56 Å². The standard InChI is InChI=1S/C19H29N3O3/c1-25-12-4-9-21-10-11-22(14-16(23)13-21)19(24)17-7-2-5-15-6-3-8-20-18(15)17/h2,5,7,16,20,23H,3-4,6,8-14H2,1H3/t16-/m1/s1. The van der Waals surface area contributed by atoms with Gasteiger partial charge in [-0.25, -0.2) is 0 Å². The van der Waals surface area contributed by atoms with Crippen molar-refractivity contribution < 1.29 is 14.6 Å². The van der Waals surface area contributed by atoms with Crippen molar-refractivity contribution in [3.63, 3.8) is 0 Å². The van der Waals surface area contributed by atoms with E-state index < -0.39 is 6.10 Å². The van der Waals surface area contributed by atoms with E-state index in [1.54, 1.807) is 12.0 Å². The summed E-state index contributed by atoms with van der Waals surface area (Å²) in [5.74, 6) is 0.0176. The minimum absolute atomic E-state index is 0.0176. The number of aliphatic hydroxyl groups is 1. The van der Waals surface area contributed by atoms with E-state index in [2.05, 4.69) is 16.3 Å². The summed E-state index contributed by atoms with van der Waals surface area (Å²) in [7, 11) is 1.70. The van der Waals surface area contributed by atoms with Crippen molar-refractivity contribution in [1.82, 2.24) is 9.80 Å². The molecule has 1 aromatic rings. The largest absolute Gasteiger partial charge is 0.390 e. The van der Waals surface area contributed by atoms with Crippen LogP contribution in [0.1, 0.15) is 28.8 Å². The Balaban J connectivity index is 1.68. The zero-order chi connectivity index (χ0) is 17.6. The Morgan fingerprint density at radius 1 is 1.36 bits per heavy atom. The summed E-state index contributed by atoms with van der Waals surface area (Å²) in [6.07, 6.45) is 2.54. The molecule has 0 spiro atoms. The average molecular weight is 347 g/mol. The number of fused-ring (bicyclic) bond motifs is 1. The molecule has 6 nitrogen and oxygen atoms in total. The van der Waals surface area contributed by atoms with Gasteiger partial charge in [0.15, 0.2) is 0 Å². The number of aryl methyl sites for hydroxylation is 1. The minimum Gasteiger partial charge on any atom is -0.390 e. The van der Waals surface area contributed by atoms with Crippen LogP contribution in [0.15, 0.2) is 18.2 Å². The number of benzene rings is 1. The van der Waals surface area contributed by atoms with Crippen molar-refractivity contribution in [2.24, 2.45) is 0 Å². The predicted octanol–water partition coefficient (Wildman–Crippen LogP) is 1.20. The summed E-state index contributed by atoms with van der Waals surface area (Å²) in [5.41, 5.74) is 2.93. The molecule has 25 heavy (non-hydrogen) atoms. The van der Waals surface area contributed by atoms with E-state index in [1.807, 2.05) is 12.1 Å². The molecule has 1 aromatic carbocycles. The maximum Gasteiger partial charge on any atom is 0.256 e. The Bertz CT molecular complexity index is 593. The number of carbonyl (C=O) groups is 1. The number of amides is 1. The summed E-state index contributed by atoms with van der Waals surface area (Å²) in [6, 6.07) is 5.95. The van der Waals surface area contributed by atoms with Crippen molar-refractivity contribution in [3.05, 3.63) is 29.3 Å². The van der Waals surface area contributed by atoms with Gasteiger partial charge in [-0.3, -0.25) is 9.69 Å². The topological polar surface area (TPSA) is 65.0 Å². The van der Waals surface area contributed by atoms with Gasteiger partial charge in [-0.05, 0) is 30.9 Å². The van der Waals surface area contributed by atoms with E-state index in [0.717, 1.165) is 56.8 Å². The van der Waals surface area contributed by atoms with Crippen molar-refractivity contribution in [2.75, 3.05) is 58.3 Å². The van der Waals surface area contributed by atoms with Crippen LogP contribution in [0.3, 0.4) is 0 Å². The second kappa shape index (κ2) is 8.65. The third-order valence-electron chi connectivity index (χ3n) is 5.00. The van der Waals surface area contributed by atoms with Gasteiger partial charge in [-0.2, -0.15) is 0 Å². The Hall–Kier alpha value is -1.63. The van der Waals surface area contributed by atoms with Crippen LogP contribution < -0.4 is 5.32 Å². The SMILES string of the molecule is COCCCN1CCN(C(=O)c2cccc3c2NCCC3)C[C@H](O)C1. The lowest BCUT2D eigenvalue weighted by atomic mass is 9.98. The lowest BCUT2D eigenvalue weighted by Gasteiger charge is -2.26. The van der Waals surface area contributed by atoms with Gasteiger partial charge < -0.3 is 20.1 Å². The molecule has 0 unspecified atom stereocenters. The maximum atomic E-state index is 13.1. The first-order valence-electron chi connectivity index (χ1n) is 9.23. The fourth-order valence-corrected chi connectivity index (χ4v) is 3.73. The fraction of sp³-hybridized carbons (Fsp3) is 0.632. The van der Waals surface area contributed by atoms with Crippen LogP contribution in [-0.2, 0) is 11.2 Å². The van der Waals surface area contributed by atoms with Gasteiger partial charge in [0.2, 0.25) is 0 Å². The highest BCUT2D eigenvalue weighted by molar-refractivity contribution is 6.00. The smallest absolute Gasteiger partial charge is 0.256 e. The number of hydrogen-bond acceptors (Lipinski definition) is 5. The van der Waals surface area contributed by atoms with E-state index in [9.17, 15) is 9.90 Å². The number of aliphatic hydroxyl groups excluding tert-OH is 1. The number of rotatable bonds is 5. The summed E-state index contributed by atoms with van der Waals surface area (Å²) >= 11 is 0. The van der Waals surface area contributed by atoms with Crippen molar-refractivity contribution in [3.8, 4) is 0 Å². The Labute approximate surface area is 149 Å². The highest BCUT2D eigenvalue weighted by atomic mass is 16.5. The quantitative estimate of drug-likeness (QED) is 0.784. The molecule has 3 rings (SSSR count). The molecule has 1 saturated heterocycles. The normalized spacial score (nSPS) is 21.4. The molecule has 1 fully saturated rings. The third kappa shape index (κ3) is 4.51. The van der Waals surface area contributed by atoms with Crippen LogP contribution in [0.25, 0.3) is 0 Å². The van der Waals surface area contributed by atoms with Crippen LogP contribution in [0.4, 0.5) is 5.69 Å². The van der Waals surface area contributed by atoms with Crippen LogP contribution in [0.2, 0.25) is 0 Å². The zero-order valence-electron chi connectivity index (χ0n) is 15.0. The fourth-order valence-electron chi connectivity index (χ4n) is 3.73. The number of hydrogen-bond donors (Lipinski definition) is 2. The van der Waals surface area contributed by atoms with Gasteiger partial charge in [0.25, 0.3) is 5.91 Å². The molecule has 6 heteroatoms. The van der Waals surface area contributed by atoms with Gasteiger partial charge in [-0.15, -0.1) is 0 Å². The number of anilines is 1. The Morgan fingerprint density at radius 3 is 3.08 bits per heavy atom. The van der Waals surface area contributed by atoms with Crippen molar-refractivity contribution in [1.29, 1.82) is 0 Å². The lowest BCUT2D eigenvalue weighted by molar-refractivity contribution is 0.0663. The van der Waals surface area contributed by atoms with E-state index in [4.69, 9.17) is 4.74 Å². The predicted molar refractivity (Wildman–Crippen MR) is 98.1 cm³/mol. The minimum atomic E-state index is -0.513. The number of carbonyl (C=O) groups excluding carboxylic acids is 1. The maximum absolute atomic E-state index is 13.1. The number of nitrogens with zero attached hydrogens (tertiary/aromatic N) is 2. The second-order valence-corrected chi connectivity index (χ2v) is 6.92. The molecule has 2 aliphatic rings. The second-order valence-electron chi connectivity index (χ2n) is 6.92. The molecule has 0 aromatic heterocycles. The van der Waals surface area contributed by atoms with Gasteiger partial charge >= 0.3 is 0 Å². The summed E-state index contributed by atoms with van der Waals surface area (Å²) in [4.78, 5) is 17.1. The van der Waals surface area contributed by atoms with Crippen LogP contribution in [0.5, 0.6) is 0 Å². The molecule has 2 heterocycles. The van der Waals surface area contributed by atoms with E-state index in [0.29, 0.717) is 19.6 Å². The van der Waals surface area contributed by atoms with E-state index >= 15 is 0 Å². The molecule has 2 aliphatic heterocycles. The van der Waals surface area contributed by atoms with Crippen LogP contribution in [0, 0.1) is 0 Å². The first-order chi connectivity index (χ1) is 12.2. The Morgan fingerprint density at radius 2 is 2.24 bits per heavy atom. The first-order valence-corrected chi connectivity index (χ1v) is 9.23. The highest BCUT2D eigenvalue weighted by Gasteiger charge is 2.27.